The van der Waals surface area contributed by atoms with Crippen molar-refractivity contribution in [3.8, 4) is 0 Å². The second kappa shape index (κ2) is 3.42. The standard InChI is InChI=1S/C8H7Cl2NO/c1-4-3-6(8(10)12)7(9)11-5(4)2/h3H,1-2H3. The highest BCUT2D eigenvalue weighted by Crippen LogP contribution is 2.18. The fourth-order valence-corrected chi connectivity index (χ4v) is 1.27. The first-order valence-electron chi connectivity index (χ1n) is 3.36. The van der Waals surface area contributed by atoms with E-state index in [-0.39, 0.29) is 10.7 Å². The second-order valence-electron chi connectivity index (χ2n) is 2.50. The molecule has 4 heteroatoms. The monoisotopic (exact) mass is 203 g/mol. The number of halogens is 2. The van der Waals surface area contributed by atoms with Crippen LogP contribution in [0.5, 0.6) is 0 Å². The topological polar surface area (TPSA) is 30.0 Å². The van der Waals surface area contributed by atoms with Crippen LogP contribution in [0.2, 0.25) is 5.15 Å². The zero-order chi connectivity index (χ0) is 9.30. The van der Waals surface area contributed by atoms with E-state index in [1.54, 1.807) is 6.07 Å². The molecule has 0 bridgehead atoms. The quantitative estimate of drug-likeness (QED) is 0.520. The molecule has 0 saturated heterocycles. The third-order valence-electron chi connectivity index (χ3n) is 1.63. The van der Waals surface area contributed by atoms with Gasteiger partial charge < -0.3 is 0 Å². The van der Waals surface area contributed by atoms with E-state index in [0.717, 1.165) is 11.3 Å². The molecule has 0 aliphatic carbocycles. The van der Waals surface area contributed by atoms with Crippen LogP contribution in [0, 0.1) is 13.8 Å². The number of carbonyl (C=O) groups excluding carboxylic acids is 1. The molecule has 0 N–H and O–H groups in total. The van der Waals surface area contributed by atoms with Crippen LogP contribution in [0.15, 0.2) is 6.07 Å². The molecule has 0 saturated carbocycles. The van der Waals surface area contributed by atoms with Crippen molar-refractivity contribution in [3.63, 3.8) is 0 Å². The summed E-state index contributed by atoms with van der Waals surface area (Å²) in [6.45, 7) is 3.67. The van der Waals surface area contributed by atoms with Gasteiger partial charge in [0.05, 0.1) is 5.56 Å². The molecule has 1 aromatic heterocycles. The fourth-order valence-electron chi connectivity index (χ4n) is 0.814. The Morgan fingerprint density at radius 2 is 2.08 bits per heavy atom. The van der Waals surface area contributed by atoms with Crippen molar-refractivity contribution in [3.05, 3.63) is 28.0 Å². The van der Waals surface area contributed by atoms with Gasteiger partial charge in [0.1, 0.15) is 5.15 Å². The lowest BCUT2D eigenvalue weighted by Crippen LogP contribution is -1.97. The summed E-state index contributed by atoms with van der Waals surface area (Å²) < 4.78 is 0. The molecule has 1 aromatic rings. The molecule has 64 valence electrons. The highest BCUT2D eigenvalue weighted by Gasteiger charge is 2.10. The summed E-state index contributed by atoms with van der Waals surface area (Å²) in [6.07, 6.45) is 0. The van der Waals surface area contributed by atoms with Gasteiger partial charge in [-0.2, -0.15) is 0 Å². The van der Waals surface area contributed by atoms with E-state index in [1.165, 1.54) is 0 Å². The molecular formula is C8H7Cl2NO. The molecule has 0 radical (unpaired) electrons. The number of hydrogen-bond donors (Lipinski definition) is 0. The summed E-state index contributed by atoms with van der Waals surface area (Å²) >= 11 is 10.9. The Morgan fingerprint density at radius 3 is 2.58 bits per heavy atom. The van der Waals surface area contributed by atoms with Crippen LogP contribution >= 0.6 is 23.2 Å². The Bertz CT molecular complexity index is 336. The second-order valence-corrected chi connectivity index (χ2v) is 3.20. The molecule has 2 nitrogen and oxygen atoms in total. The van der Waals surface area contributed by atoms with E-state index in [2.05, 4.69) is 4.98 Å². The molecule has 0 amide bonds. The van der Waals surface area contributed by atoms with Gasteiger partial charge in [0.15, 0.2) is 0 Å². The predicted molar refractivity (Wildman–Crippen MR) is 48.9 cm³/mol. The Balaban J connectivity index is 3.33. The summed E-state index contributed by atoms with van der Waals surface area (Å²) in [4.78, 5) is 14.7. The van der Waals surface area contributed by atoms with Gasteiger partial charge >= 0.3 is 0 Å². The molecule has 0 fully saturated rings. The Labute approximate surface area is 80.5 Å². The summed E-state index contributed by atoms with van der Waals surface area (Å²) in [5.41, 5.74) is 1.98. The molecule has 0 spiro atoms. The molecule has 0 aliphatic rings. The van der Waals surface area contributed by atoms with Gasteiger partial charge in [0.25, 0.3) is 5.24 Å². The minimum absolute atomic E-state index is 0.165. The Hall–Kier alpha value is -0.600. The lowest BCUT2D eigenvalue weighted by Gasteiger charge is -2.02. The van der Waals surface area contributed by atoms with Crippen LogP contribution in [0.1, 0.15) is 21.6 Å². The third kappa shape index (κ3) is 1.76. The highest BCUT2D eigenvalue weighted by molar-refractivity contribution is 6.68. The average Bonchev–Trinajstić information content (AvgIpc) is 1.96. The lowest BCUT2D eigenvalue weighted by atomic mass is 10.2. The number of hydrogen-bond acceptors (Lipinski definition) is 2. The van der Waals surface area contributed by atoms with Crippen molar-refractivity contribution in [2.75, 3.05) is 0 Å². The average molecular weight is 204 g/mol. The van der Waals surface area contributed by atoms with Crippen molar-refractivity contribution in [1.82, 2.24) is 4.98 Å². The molecule has 0 atom stereocenters. The number of carbonyl (C=O) groups is 1. The van der Waals surface area contributed by atoms with Gasteiger partial charge in [0, 0.05) is 5.69 Å². The summed E-state index contributed by atoms with van der Waals surface area (Å²) in [7, 11) is 0. The number of aromatic nitrogens is 1. The van der Waals surface area contributed by atoms with E-state index in [1.807, 2.05) is 13.8 Å². The Morgan fingerprint density at radius 1 is 1.50 bits per heavy atom. The van der Waals surface area contributed by atoms with E-state index >= 15 is 0 Å². The van der Waals surface area contributed by atoms with Crippen LogP contribution < -0.4 is 0 Å². The summed E-state index contributed by atoms with van der Waals surface area (Å²) in [5, 5.41) is -0.409. The number of nitrogens with zero attached hydrogens (tertiary/aromatic N) is 1. The predicted octanol–water partition coefficient (Wildman–Crippen LogP) is 2.73. The van der Waals surface area contributed by atoms with Gasteiger partial charge in [-0.15, -0.1) is 0 Å². The van der Waals surface area contributed by atoms with Gasteiger partial charge in [-0.05, 0) is 37.1 Å². The van der Waals surface area contributed by atoms with Crippen molar-refractivity contribution in [2.45, 2.75) is 13.8 Å². The maximum absolute atomic E-state index is 10.8. The van der Waals surface area contributed by atoms with Crippen LogP contribution in [-0.4, -0.2) is 10.2 Å². The molecule has 12 heavy (non-hydrogen) atoms. The Kier molecular flexibility index (Phi) is 2.70. The molecular weight excluding hydrogens is 197 g/mol. The first-order chi connectivity index (χ1) is 5.52. The molecule has 0 aliphatic heterocycles. The van der Waals surface area contributed by atoms with Gasteiger partial charge in [-0.1, -0.05) is 11.6 Å². The fraction of sp³-hybridized carbons (Fsp3) is 0.250. The SMILES string of the molecule is Cc1cc(C(=O)Cl)c(Cl)nc1C. The maximum atomic E-state index is 10.8. The highest BCUT2D eigenvalue weighted by atomic mass is 35.5. The zero-order valence-electron chi connectivity index (χ0n) is 6.69. The normalized spacial score (nSPS) is 10.0. The minimum Gasteiger partial charge on any atom is -0.275 e. The third-order valence-corrected chi connectivity index (χ3v) is 2.12. The first-order valence-corrected chi connectivity index (χ1v) is 4.11. The van der Waals surface area contributed by atoms with Crippen molar-refractivity contribution in [2.24, 2.45) is 0 Å². The lowest BCUT2D eigenvalue weighted by molar-refractivity contribution is 0.108. The van der Waals surface area contributed by atoms with Gasteiger partial charge in [0.2, 0.25) is 0 Å². The van der Waals surface area contributed by atoms with E-state index in [0.29, 0.717) is 0 Å². The van der Waals surface area contributed by atoms with E-state index in [9.17, 15) is 4.79 Å². The van der Waals surface area contributed by atoms with Gasteiger partial charge in [-0.25, -0.2) is 4.98 Å². The first kappa shape index (κ1) is 9.49. The van der Waals surface area contributed by atoms with Crippen LogP contribution in [0.3, 0.4) is 0 Å². The summed E-state index contributed by atoms with van der Waals surface area (Å²) in [6, 6.07) is 1.64. The van der Waals surface area contributed by atoms with Crippen molar-refractivity contribution < 1.29 is 4.79 Å². The number of aryl methyl sites for hydroxylation is 2. The van der Waals surface area contributed by atoms with Gasteiger partial charge in [-0.3, -0.25) is 4.79 Å². The van der Waals surface area contributed by atoms with E-state index in [4.69, 9.17) is 23.2 Å². The van der Waals surface area contributed by atoms with Crippen LogP contribution in [-0.2, 0) is 0 Å². The maximum Gasteiger partial charge on any atom is 0.255 e. The zero-order valence-corrected chi connectivity index (χ0v) is 8.20. The van der Waals surface area contributed by atoms with E-state index < -0.39 is 5.24 Å². The van der Waals surface area contributed by atoms with Crippen LogP contribution in [0.4, 0.5) is 0 Å². The number of pyridine rings is 1. The molecule has 0 unspecified atom stereocenters. The number of rotatable bonds is 1. The molecule has 0 aromatic carbocycles. The largest absolute Gasteiger partial charge is 0.275 e. The smallest absolute Gasteiger partial charge is 0.255 e. The molecule has 1 rings (SSSR count). The van der Waals surface area contributed by atoms with Crippen molar-refractivity contribution >= 4 is 28.4 Å². The van der Waals surface area contributed by atoms with Crippen LogP contribution in [0.25, 0.3) is 0 Å². The minimum atomic E-state index is -0.574. The molecule has 1 heterocycles. The summed E-state index contributed by atoms with van der Waals surface area (Å²) in [5.74, 6) is 0. The van der Waals surface area contributed by atoms with Crippen molar-refractivity contribution in [1.29, 1.82) is 0 Å².